The van der Waals surface area contributed by atoms with E-state index >= 15 is 0 Å². The van der Waals surface area contributed by atoms with Crippen LogP contribution in [0.25, 0.3) is 21.9 Å². The Hall–Kier alpha value is -2.42. The quantitative estimate of drug-likeness (QED) is 0.628. The number of carbonyl (C=O) groups excluding carboxylic acids is 2. The first-order valence-corrected chi connectivity index (χ1v) is 5.20. The first-order valence-electron chi connectivity index (χ1n) is 5.20. The summed E-state index contributed by atoms with van der Waals surface area (Å²) in [5.74, 6) is 0. The molecule has 3 aromatic rings. The molecule has 3 nitrogen and oxygen atoms in total. The first kappa shape index (κ1) is 9.78. The average molecular weight is 224 g/mol. The molecule has 0 spiro atoms. The molecular formula is C14H8O3. The third-order valence-corrected chi connectivity index (χ3v) is 2.84. The third-order valence-electron chi connectivity index (χ3n) is 2.84. The minimum atomic E-state index is 0.496. The highest BCUT2D eigenvalue weighted by molar-refractivity contribution is 6.12. The SMILES string of the molecule is O=Cc1cccc2c1oc1c(C=O)cccc12. The Morgan fingerprint density at radius 2 is 1.24 bits per heavy atom. The number of hydrogen-bond acceptors (Lipinski definition) is 3. The zero-order chi connectivity index (χ0) is 11.8. The molecule has 0 fully saturated rings. The molecule has 0 saturated carbocycles. The highest BCUT2D eigenvalue weighted by atomic mass is 16.3. The van der Waals surface area contributed by atoms with E-state index in [-0.39, 0.29) is 0 Å². The van der Waals surface area contributed by atoms with E-state index in [0.29, 0.717) is 22.3 Å². The van der Waals surface area contributed by atoms with E-state index in [4.69, 9.17) is 4.42 Å². The van der Waals surface area contributed by atoms with Gasteiger partial charge in [-0.05, 0) is 12.1 Å². The fraction of sp³-hybridized carbons (Fsp3) is 0. The van der Waals surface area contributed by atoms with Crippen molar-refractivity contribution < 1.29 is 14.0 Å². The van der Waals surface area contributed by atoms with Crippen molar-refractivity contribution in [2.24, 2.45) is 0 Å². The number of carbonyl (C=O) groups is 2. The van der Waals surface area contributed by atoms with Crippen molar-refractivity contribution >= 4 is 34.5 Å². The molecule has 82 valence electrons. The van der Waals surface area contributed by atoms with Gasteiger partial charge in [-0.2, -0.15) is 0 Å². The Balaban J connectivity index is 2.57. The van der Waals surface area contributed by atoms with E-state index in [1.165, 1.54) is 0 Å². The summed E-state index contributed by atoms with van der Waals surface area (Å²) in [5, 5.41) is 1.71. The van der Waals surface area contributed by atoms with Gasteiger partial charge in [0, 0.05) is 10.8 Å². The molecule has 3 rings (SSSR count). The van der Waals surface area contributed by atoms with E-state index in [9.17, 15) is 9.59 Å². The summed E-state index contributed by atoms with van der Waals surface area (Å²) >= 11 is 0. The van der Waals surface area contributed by atoms with Gasteiger partial charge >= 0.3 is 0 Å². The number of fused-ring (bicyclic) bond motifs is 3. The lowest BCUT2D eigenvalue weighted by Crippen LogP contribution is -1.78. The molecule has 0 unspecified atom stereocenters. The molecule has 0 aliphatic heterocycles. The van der Waals surface area contributed by atoms with Gasteiger partial charge in [-0.25, -0.2) is 0 Å². The van der Waals surface area contributed by atoms with Crippen LogP contribution in [0, 0.1) is 0 Å². The monoisotopic (exact) mass is 224 g/mol. The number of rotatable bonds is 2. The summed E-state index contributed by atoms with van der Waals surface area (Å²) in [4.78, 5) is 21.8. The second-order valence-electron chi connectivity index (χ2n) is 3.79. The molecule has 0 N–H and O–H groups in total. The molecule has 0 amide bonds. The lowest BCUT2D eigenvalue weighted by molar-refractivity contribution is 0.111. The van der Waals surface area contributed by atoms with Gasteiger partial charge in [0.2, 0.25) is 0 Å². The maximum absolute atomic E-state index is 10.9. The van der Waals surface area contributed by atoms with E-state index < -0.39 is 0 Å². The van der Waals surface area contributed by atoms with E-state index in [0.717, 1.165) is 23.3 Å². The van der Waals surface area contributed by atoms with Crippen molar-refractivity contribution in [3.63, 3.8) is 0 Å². The van der Waals surface area contributed by atoms with Crippen LogP contribution in [0.1, 0.15) is 20.7 Å². The smallest absolute Gasteiger partial charge is 0.153 e. The number of para-hydroxylation sites is 2. The second kappa shape index (κ2) is 3.56. The highest BCUT2D eigenvalue weighted by Crippen LogP contribution is 2.31. The van der Waals surface area contributed by atoms with Gasteiger partial charge < -0.3 is 4.42 Å². The topological polar surface area (TPSA) is 47.3 Å². The summed E-state index contributed by atoms with van der Waals surface area (Å²) in [5.41, 5.74) is 2.06. The van der Waals surface area contributed by atoms with Gasteiger partial charge in [0.15, 0.2) is 12.6 Å². The van der Waals surface area contributed by atoms with Crippen LogP contribution in [0.3, 0.4) is 0 Å². The second-order valence-corrected chi connectivity index (χ2v) is 3.79. The van der Waals surface area contributed by atoms with E-state index in [1.54, 1.807) is 24.3 Å². The summed E-state index contributed by atoms with van der Waals surface area (Å²) in [6.07, 6.45) is 1.51. The van der Waals surface area contributed by atoms with Crippen molar-refractivity contribution in [1.29, 1.82) is 0 Å². The lowest BCUT2D eigenvalue weighted by Gasteiger charge is -1.91. The first-order chi connectivity index (χ1) is 8.35. The fourth-order valence-electron chi connectivity index (χ4n) is 2.05. The molecule has 1 aromatic heterocycles. The maximum Gasteiger partial charge on any atom is 0.153 e. The van der Waals surface area contributed by atoms with Crippen LogP contribution < -0.4 is 0 Å². The molecule has 0 saturated heterocycles. The van der Waals surface area contributed by atoms with Crippen LogP contribution in [-0.4, -0.2) is 12.6 Å². The van der Waals surface area contributed by atoms with Gasteiger partial charge in [0.1, 0.15) is 11.2 Å². The fourth-order valence-corrected chi connectivity index (χ4v) is 2.05. The van der Waals surface area contributed by atoms with E-state index in [2.05, 4.69) is 0 Å². The Morgan fingerprint density at radius 1 is 0.765 bits per heavy atom. The van der Waals surface area contributed by atoms with Crippen molar-refractivity contribution in [3.8, 4) is 0 Å². The molecule has 1 heterocycles. The molecule has 0 radical (unpaired) electrons. The minimum Gasteiger partial charge on any atom is -0.455 e. The predicted octanol–water partition coefficient (Wildman–Crippen LogP) is 3.21. The van der Waals surface area contributed by atoms with Gasteiger partial charge in [-0.3, -0.25) is 9.59 Å². The van der Waals surface area contributed by atoms with Gasteiger partial charge in [-0.1, -0.05) is 24.3 Å². The molecule has 0 bridgehead atoms. The van der Waals surface area contributed by atoms with Crippen molar-refractivity contribution in [3.05, 3.63) is 47.5 Å². The van der Waals surface area contributed by atoms with Crippen LogP contribution >= 0.6 is 0 Å². The lowest BCUT2D eigenvalue weighted by atomic mass is 10.1. The molecular weight excluding hydrogens is 216 g/mol. The van der Waals surface area contributed by atoms with Crippen LogP contribution in [0.15, 0.2) is 40.8 Å². The molecule has 0 aliphatic carbocycles. The molecule has 0 aliphatic rings. The largest absolute Gasteiger partial charge is 0.455 e. The standard InChI is InChI=1S/C14H8O3/c15-7-9-3-1-5-11-12-6-2-4-10(8-16)14(12)17-13(9)11/h1-8H. The predicted molar refractivity (Wildman–Crippen MR) is 64.5 cm³/mol. The number of benzene rings is 2. The zero-order valence-corrected chi connectivity index (χ0v) is 8.84. The van der Waals surface area contributed by atoms with Crippen LogP contribution in [0.2, 0.25) is 0 Å². The third kappa shape index (κ3) is 1.29. The number of hydrogen-bond donors (Lipinski definition) is 0. The molecule has 0 atom stereocenters. The normalized spacial score (nSPS) is 10.8. The Kier molecular flexibility index (Phi) is 2.05. The van der Waals surface area contributed by atoms with Crippen molar-refractivity contribution in [2.75, 3.05) is 0 Å². The number of aldehydes is 2. The summed E-state index contributed by atoms with van der Waals surface area (Å²) in [7, 11) is 0. The minimum absolute atomic E-state index is 0.496. The average Bonchev–Trinajstić information content (AvgIpc) is 2.77. The summed E-state index contributed by atoms with van der Waals surface area (Å²) < 4.78 is 5.63. The Labute approximate surface area is 96.6 Å². The Bertz CT molecular complexity index is 675. The van der Waals surface area contributed by atoms with Crippen LogP contribution in [0.4, 0.5) is 0 Å². The summed E-state index contributed by atoms with van der Waals surface area (Å²) in [6, 6.07) is 10.7. The Morgan fingerprint density at radius 3 is 1.65 bits per heavy atom. The van der Waals surface area contributed by atoms with E-state index in [1.807, 2.05) is 12.1 Å². The van der Waals surface area contributed by atoms with Crippen molar-refractivity contribution in [1.82, 2.24) is 0 Å². The van der Waals surface area contributed by atoms with Gasteiger partial charge in [-0.15, -0.1) is 0 Å². The molecule has 2 aromatic carbocycles. The maximum atomic E-state index is 10.9. The van der Waals surface area contributed by atoms with Crippen LogP contribution in [0.5, 0.6) is 0 Å². The van der Waals surface area contributed by atoms with Gasteiger partial charge in [0.25, 0.3) is 0 Å². The summed E-state index contributed by atoms with van der Waals surface area (Å²) in [6.45, 7) is 0. The number of furan rings is 1. The molecule has 3 heteroatoms. The van der Waals surface area contributed by atoms with Crippen molar-refractivity contribution in [2.45, 2.75) is 0 Å². The van der Waals surface area contributed by atoms with Gasteiger partial charge in [0.05, 0.1) is 11.1 Å². The van der Waals surface area contributed by atoms with Crippen LogP contribution in [-0.2, 0) is 0 Å². The highest BCUT2D eigenvalue weighted by Gasteiger charge is 2.12. The zero-order valence-electron chi connectivity index (χ0n) is 8.84. The molecule has 17 heavy (non-hydrogen) atoms.